The van der Waals surface area contributed by atoms with Gasteiger partial charge in [-0.25, -0.2) is 8.78 Å². The van der Waals surface area contributed by atoms with Gasteiger partial charge in [-0.15, -0.1) is 5.10 Å². The molecule has 8 heteroatoms. The minimum Gasteiger partial charge on any atom is -0.395 e. The Labute approximate surface area is 96.6 Å². The molecule has 0 radical (unpaired) electrons. The zero-order chi connectivity index (χ0) is 12.8. The molecule has 1 aromatic rings. The fourth-order valence-electron chi connectivity index (χ4n) is 1.34. The molecule has 1 aromatic heterocycles. The highest BCUT2D eigenvalue weighted by Crippen LogP contribution is 2.16. The van der Waals surface area contributed by atoms with E-state index in [0.717, 1.165) is 4.90 Å². The van der Waals surface area contributed by atoms with Crippen LogP contribution in [0.1, 0.15) is 5.56 Å². The second-order valence-corrected chi connectivity index (χ2v) is 3.24. The van der Waals surface area contributed by atoms with Crippen molar-refractivity contribution in [3.8, 4) is 0 Å². The van der Waals surface area contributed by atoms with Crippen LogP contribution in [0, 0.1) is 5.41 Å². The number of alkyl halides is 2. The zero-order valence-electron chi connectivity index (χ0n) is 8.98. The van der Waals surface area contributed by atoms with Gasteiger partial charge in [0.05, 0.1) is 24.9 Å². The number of anilines is 1. The van der Waals surface area contributed by atoms with Gasteiger partial charge in [-0.05, 0) is 6.07 Å². The van der Waals surface area contributed by atoms with Crippen LogP contribution in [0.4, 0.5) is 14.6 Å². The molecule has 94 valence electrons. The average molecular weight is 245 g/mol. The summed E-state index contributed by atoms with van der Waals surface area (Å²) in [5, 5.41) is 23.4. The number of aliphatic hydroxyl groups excluding tert-OH is 1. The molecular weight excluding hydrogens is 232 g/mol. The van der Waals surface area contributed by atoms with Crippen LogP contribution in [0.25, 0.3) is 0 Å². The van der Waals surface area contributed by atoms with Gasteiger partial charge in [0, 0.05) is 6.54 Å². The van der Waals surface area contributed by atoms with E-state index in [9.17, 15) is 8.78 Å². The predicted octanol–water partition coefficient (Wildman–Crippen LogP) is -0.176. The van der Waals surface area contributed by atoms with Crippen LogP contribution in [-0.2, 0) is 0 Å². The zero-order valence-corrected chi connectivity index (χ0v) is 8.98. The number of nitrogen functional groups attached to an aromatic ring is 1. The number of amidine groups is 1. The van der Waals surface area contributed by atoms with Crippen molar-refractivity contribution in [2.24, 2.45) is 5.73 Å². The molecule has 0 spiro atoms. The predicted molar refractivity (Wildman–Crippen MR) is 58.4 cm³/mol. The molecule has 4 N–H and O–H groups in total. The van der Waals surface area contributed by atoms with Crippen molar-refractivity contribution in [2.45, 2.75) is 6.43 Å². The molecule has 17 heavy (non-hydrogen) atoms. The first kappa shape index (κ1) is 13.2. The van der Waals surface area contributed by atoms with Gasteiger partial charge in [-0.1, -0.05) is 0 Å². The van der Waals surface area contributed by atoms with Crippen LogP contribution >= 0.6 is 0 Å². The molecular formula is C9H13F2N5O. The topological polar surface area (TPSA) is 99.1 Å². The third kappa shape index (κ3) is 3.59. The highest BCUT2D eigenvalue weighted by molar-refractivity contribution is 5.99. The summed E-state index contributed by atoms with van der Waals surface area (Å²) in [5.41, 5.74) is 5.53. The fourth-order valence-corrected chi connectivity index (χ4v) is 1.34. The Balaban J connectivity index is 3.04. The Kier molecular flexibility index (Phi) is 4.70. The number of nitrogens with zero attached hydrogens (tertiary/aromatic N) is 3. The van der Waals surface area contributed by atoms with Gasteiger partial charge in [0.2, 0.25) is 0 Å². The number of aliphatic hydroxyl groups is 1. The number of halogens is 2. The van der Waals surface area contributed by atoms with Crippen molar-refractivity contribution in [1.29, 1.82) is 5.41 Å². The number of hydrogen-bond acceptors (Lipinski definition) is 5. The molecule has 0 saturated carbocycles. The molecule has 0 atom stereocenters. The van der Waals surface area contributed by atoms with Crippen LogP contribution in [0.2, 0.25) is 0 Å². The summed E-state index contributed by atoms with van der Waals surface area (Å²) >= 11 is 0. The van der Waals surface area contributed by atoms with E-state index >= 15 is 0 Å². The standard InChI is InChI=1S/C9H13F2N5O/c10-7(11)5-16(3-4-17)9-6(8(12)13)1-2-14-15-9/h1-2,7,17H,3-5H2,(H3,12,13). The Morgan fingerprint density at radius 3 is 2.82 bits per heavy atom. The molecule has 0 saturated heterocycles. The molecule has 1 heterocycles. The van der Waals surface area contributed by atoms with Crippen LogP contribution in [0.5, 0.6) is 0 Å². The summed E-state index contributed by atoms with van der Waals surface area (Å²) in [4.78, 5) is 1.15. The number of rotatable bonds is 6. The highest BCUT2D eigenvalue weighted by atomic mass is 19.3. The Bertz CT molecular complexity index is 387. The largest absolute Gasteiger partial charge is 0.395 e. The van der Waals surface area contributed by atoms with E-state index in [1.165, 1.54) is 12.3 Å². The minimum atomic E-state index is -2.58. The fraction of sp³-hybridized carbons (Fsp3) is 0.444. The number of nitrogens with one attached hydrogen (secondary N) is 1. The highest BCUT2D eigenvalue weighted by Gasteiger charge is 2.18. The SMILES string of the molecule is N=C(N)c1ccnnc1N(CCO)CC(F)F. The van der Waals surface area contributed by atoms with Crippen molar-refractivity contribution in [3.63, 3.8) is 0 Å². The van der Waals surface area contributed by atoms with Gasteiger partial charge >= 0.3 is 0 Å². The van der Waals surface area contributed by atoms with E-state index < -0.39 is 13.0 Å². The summed E-state index contributed by atoms with van der Waals surface area (Å²) in [6, 6.07) is 1.42. The van der Waals surface area contributed by atoms with E-state index in [1.807, 2.05) is 0 Å². The molecule has 6 nitrogen and oxygen atoms in total. The second kappa shape index (κ2) is 6.04. The van der Waals surface area contributed by atoms with Gasteiger partial charge in [0.15, 0.2) is 5.82 Å². The lowest BCUT2D eigenvalue weighted by Crippen LogP contribution is -2.34. The second-order valence-electron chi connectivity index (χ2n) is 3.24. The summed E-state index contributed by atoms with van der Waals surface area (Å²) < 4.78 is 24.7. The van der Waals surface area contributed by atoms with Crippen molar-refractivity contribution < 1.29 is 13.9 Å². The number of aromatic nitrogens is 2. The van der Waals surface area contributed by atoms with Crippen molar-refractivity contribution in [3.05, 3.63) is 17.8 Å². The first-order chi connectivity index (χ1) is 8.06. The quantitative estimate of drug-likeness (QED) is 0.477. The maximum atomic E-state index is 12.4. The molecule has 0 aromatic carbocycles. The van der Waals surface area contributed by atoms with E-state index in [0.29, 0.717) is 0 Å². The maximum Gasteiger partial charge on any atom is 0.255 e. The molecule has 0 unspecified atom stereocenters. The summed E-state index contributed by atoms with van der Waals surface area (Å²) in [5.74, 6) is -0.207. The average Bonchev–Trinajstić information content (AvgIpc) is 2.28. The molecule has 0 aliphatic heterocycles. The lowest BCUT2D eigenvalue weighted by molar-refractivity contribution is 0.152. The van der Waals surface area contributed by atoms with Crippen LogP contribution < -0.4 is 10.6 Å². The number of nitrogens with two attached hydrogens (primary N) is 1. The van der Waals surface area contributed by atoms with E-state index in [-0.39, 0.29) is 30.4 Å². The molecule has 0 aliphatic carbocycles. The molecule has 0 amide bonds. The van der Waals surface area contributed by atoms with E-state index in [4.69, 9.17) is 16.2 Å². The Hall–Kier alpha value is -1.83. The summed E-state index contributed by atoms with van der Waals surface area (Å²) in [6.45, 7) is -0.927. The van der Waals surface area contributed by atoms with Crippen molar-refractivity contribution >= 4 is 11.7 Å². The van der Waals surface area contributed by atoms with Gasteiger partial charge in [0.1, 0.15) is 5.84 Å². The van der Waals surface area contributed by atoms with Crippen molar-refractivity contribution in [2.75, 3.05) is 24.6 Å². The van der Waals surface area contributed by atoms with Crippen LogP contribution in [0.3, 0.4) is 0 Å². The molecule has 0 aliphatic rings. The summed E-state index contributed by atoms with van der Waals surface area (Å²) in [6.07, 6.45) is -1.26. The van der Waals surface area contributed by atoms with Gasteiger partial charge < -0.3 is 15.7 Å². The lowest BCUT2D eigenvalue weighted by atomic mass is 10.2. The van der Waals surface area contributed by atoms with E-state index in [1.54, 1.807) is 0 Å². The Morgan fingerprint density at radius 2 is 2.29 bits per heavy atom. The van der Waals surface area contributed by atoms with Gasteiger partial charge in [-0.2, -0.15) is 5.10 Å². The molecule has 0 bridgehead atoms. The third-order valence-electron chi connectivity index (χ3n) is 2.02. The van der Waals surface area contributed by atoms with Crippen LogP contribution in [-0.4, -0.2) is 47.3 Å². The van der Waals surface area contributed by atoms with Gasteiger partial charge in [-0.3, -0.25) is 5.41 Å². The molecule has 1 rings (SSSR count). The molecule has 0 fully saturated rings. The minimum absolute atomic E-state index is 0.0245. The number of hydrogen-bond donors (Lipinski definition) is 3. The Morgan fingerprint density at radius 1 is 1.59 bits per heavy atom. The maximum absolute atomic E-state index is 12.4. The lowest BCUT2D eigenvalue weighted by Gasteiger charge is -2.23. The van der Waals surface area contributed by atoms with E-state index in [2.05, 4.69) is 10.2 Å². The monoisotopic (exact) mass is 245 g/mol. The van der Waals surface area contributed by atoms with Gasteiger partial charge in [0.25, 0.3) is 6.43 Å². The third-order valence-corrected chi connectivity index (χ3v) is 2.02. The first-order valence-electron chi connectivity index (χ1n) is 4.86. The normalized spacial score (nSPS) is 10.6. The van der Waals surface area contributed by atoms with Crippen LogP contribution in [0.15, 0.2) is 12.3 Å². The summed E-state index contributed by atoms with van der Waals surface area (Å²) in [7, 11) is 0. The first-order valence-corrected chi connectivity index (χ1v) is 4.86. The smallest absolute Gasteiger partial charge is 0.255 e. The van der Waals surface area contributed by atoms with Crippen molar-refractivity contribution in [1.82, 2.24) is 10.2 Å².